The summed E-state index contributed by atoms with van der Waals surface area (Å²) in [5.74, 6) is -1.24. The van der Waals surface area contributed by atoms with E-state index in [0.717, 1.165) is 12.1 Å². The van der Waals surface area contributed by atoms with Gasteiger partial charge in [-0.15, -0.1) is 0 Å². The zero-order valence-corrected chi connectivity index (χ0v) is 17.4. The van der Waals surface area contributed by atoms with Crippen molar-refractivity contribution in [3.05, 3.63) is 101 Å². The Labute approximate surface area is 188 Å². The second kappa shape index (κ2) is 9.99. The zero-order chi connectivity index (χ0) is 24.0. The van der Waals surface area contributed by atoms with E-state index in [1.54, 1.807) is 48.5 Å². The lowest BCUT2D eigenvalue weighted by molar-refractivity contribution is -0.137. The van der Waals surface area contributed by atoms with E-state index in [1.807, 2.05) is 0 Å². The topological polar surface area (TPSA) is 99.3 Å². The monoisotopic (exact) mass is 454 g/mol. The molecule has 0 aliphatic carbocycles. The van der Waals surface area contributed by atoms with Crippen LogP contribution < -0.4 is 16.0 Å². The number of amides is 2. The molecule has 0 spiro atoms. The lowest BCUT2D eigenvalue weighted by Gasteiger charge is -2.23. The second-order valence-electron chi connectivity index (χ2n) is 7.20. The van der Waals surface area contributed by atoms with Gasteiger partial charge in [-0.2, -0.15) is 13.2 Å². The van der Waals surface area contributed by atoms with Gasteiger partial charge in [0.1, 0.15) is 12.4 Å². The number of nitrogens with two attached hydrogens (primary N) is 1. The van der Waals surface area contributed by atoms with E-state index in [2.05, 4.69) is 5.32 Å². The van der Waals surface area contributed by atoms with Gasteiger partial charge in [-0.3, -0.25) is 19.9 Å². The molecule has 0 unspecified atom stereocenters. The third kappa shape index (κ3) is 6.19. The highest BCUT2D eigenvalue weighted by molar-refractivity contribution is 6.10. The first-order valence-electron chi connectivity index (χ1n) is 9.89. The Morgan fingerprint density at radius 1 is 0.909 bits per heavy atom. The number of para-hydroxylation sites is 1. The molecule has 6 nitrogen and oxygen atoms in total. The molecule has 3 aromatic carbocycles. The van der Waals surface area contributed by atoms with Crippen LogP contribution in [0.1, 0.15) is 27.0 Å². The Balaban J connectivity index is 1.77. The van der Waals surface area contributed by atoms with Gasteiger partial charge < -0.3 is 11.1 Å². The van der Waals surface area contributed by atoms with Gasteiger partial charge in [0, 0.05) is 23.4 Å². The van der Waals surface area contributed by atoms with Crippen molar-refractivity contribution in [2.75, 3.05) is 11.4 Å². The number of nitrogen functional groups attached to an aromatic ring is 1. The number of nitrogens with one attached hydrogen (secondary N) is 2. The number of anilines is 1. The molecule has 0 heterocycles. The number of amidine groups is 1. The van der Waals surface area contributed by atoms with Gasteiger partial charge in [-0.25, -0.2) is 0 Å². The zero-order valence-electron chi connectivity index (χ0n) is 17.4. The Hall–Kier alpha value is -4.14. The van der Waals surface area contributed by atoms with Crippen LogP contribution in [-0.2, 0) is 17.5 Å². The van der Waals surface area contributed by atoms with Crippen molar-refractivity contribution < 1.29 is 22.8 Å². The van der Waals surface area contributed by atoms with E-state index < -0.39 is 23.6 Å². The number of benzene rings is 3. The minimum atomic E-state index is -4.48. The highest BCUT2D eigenvalue weighted by Gasteiger charge is 2.30. The molecule has 2 amide bonds. The maximum Gasteiger partial charge on any atom is 0.416 e. The van der Waals surface area contributed by atoms with E-state index in [9.17, 15) is 22.8 Å². The van der Waals surface area contributed by atoms with E-state index in [1.165, 1.54) is 23.1 Å². The fourth-order valence-electron chi connectivity index (χ4n) is 3.12. The summed E-state index contributed by atoms with van der Waals surface area (Å²) in [4.78, 5) is 27.1. The molecule has 170 valence electrons. The maximum atomic E-state index is 13.2. The van der Waals surface area contributed by atoms with Crippen molar-refractivity contribution in [3.63, 3.8) is 0 Å². The summed E-state index contributed by atoms with van der Waals surface area (Å²) in [5.41, 5.74) is 6.04. The molecule has 33 heavy (non-hydrogen) atoms. The molecule has 0 saturated heterocycles. The fourth-order valence-corrected chi connectivity index (χ4v) is 3.12. The summed E-state index contributed by atoms with van der Waals surface area (Å²) in [6, 6.07) is 19.3. The van der Waals surface area contributed by atoms with Gasteiger partial charge in [0.15, 0.2) is 0 Å². The van der Waals surface area contributed by atoms with Crippen LogP contribution in [0.5, 0.6) is 0 Å². The lowest BCUT2D eigenvalue weighted by atomic mass is 10.1. The second-order valence-corrected chi connectivity index (χ2v) is 7.20. The summed E-state index contributed by atoms with van der Waals surface area (Å²) in [7, 11) is 0. The molecule has 3 aromatic rings. The Kier molecular flexibility index (Phi) is 7.12. The van der Waals surface area contributed by atoms with Crippen LogP contribution in [0.4, 0.5) is 18.9 Å². The van der Waals surface area contributed by atoms with Crippen LogP contribution in [-0.4, -0.2) is 24.2 Å². The summed E-state index contributed by atoms with van der Waals surface area (Å²) < 4.78 is 38.7. The number of halogens is 3. The highest BCUT2D eigenvalue weighted by Crippen LogP contribution is 2.29. The Bertz CT molecular complexity index is 1160. The number of nitrogens with zero attached hydrogens (tertiary/aromatic N) is 1. The fraction of sp³-hybridized carbons (Fsp3) is 0.125. The number of rotatable bonds is 7. The lowest BCUT2D eigenvalue weighted by Crippen LogP contribution is -2.40. The smallest absolute Gasteiger partial charge is 0.384 e. The van der Waals surface area contributed by atoms with Crippen LogP contribution in [0.15, 0.2) is 78.9 Å². The Morgan fingerprint density at radius 3 is 2.24 bits per heavy atom. The van der Waals surface area contributed by atoms with Crippen LogP contribution >= 0.6 is 0 Å². The van der Waals surface area contributed by atoms with E-state index in [-0.39, 0.29) is 30.1 Å². The first-order chi connectivity index (χ1) is 15.6. The highest BCUT2D eigenvalue weighted by atomic mass is 19.4. The Morgan fingerprint density at radius 2 is 1.58 bits per heavy atom. The van der Waals surface area contributed by atoms with Crippen LogP contribution in [0.3, 0.4) is 0 Å². The van der Waals surface area contributed by atoms with Crippen molar-refractivity contribution in [1.29, 1.82) is 5.41 Å². The van der Waals surface area contributed by atoms with Crippen molar-refractivity contribution in [2.45, 2.75) is 12.7 Å². The van der Waals surface area contributed by atoms with Gasteiger partial charge in [0.25, 0.3) is 5.91 Å². The van der Waals surface area contributed by atoms with Crippen molar-refractivity contribution in [3.8, 4) is 0 Å². The molecule has 0 radical (unpaired) electrons. The molecule has 3 rings (SSSR count). The van der Waals surface area contributed by atoms with Gasteiger partial charge in [0.05, 0.1) is 5.56 Å². The van der Waals surface area contributed by atoms with Gasteiger partial charge in [0.2, 0.25) is 5.91 Å². The van der Waals surface area contributed by atoms with E-state index in [0.29, 0.717) is 11.3 Å². The third-order valence-corrected chi connectivity index (χ3v) is 4.78. The average Bonchev–Trinajstić information content (AvgIpc) is 2.81. The van der Waals surface area contributed by atoms with Crippen LogP contribution in [0.25, 0.3) is 0 Å². The summed E-state index contributed by atoms with van der Waals surface area (Å²) >= 11 is 0. The number of carbonyl (C=O) groups is 2. The van der Waals surface area contributed by atoms with Gasteiger partial charge >= 0.3 is 6.18 Å². The molecule has 0 bridgehead atoms. The minimum absolute atomic E-state index is 0.126. The van der Waals surface area contributed by atoms with Crippen molar-refractivity contribution in [2.24, 2.45) is 5.73 Å². The molecular weight excluding hydrogens is 433 g/mol. The number of carbonyl (C=O) groups excluding carboxylic acids is 2. The first kappa shape index (κ1) is 23.5. The standard InChI is InChI=1S/C24H21F3N4O2/c25-24(26,27)19-9-4-6-16(12-19)14-30-21(32)15-31(20-10-2-1-3-11-20)23(33)18-8-5-7-17(13-18)22(28)29/h1-13H,14-15H2,(H3,28,29)(H,30,32). The minimum Gasteiger partial charge on any atom is -0.384 e. The third-order valence-electron chi connectivity index (χ3n) is 4.78. The molecule has 0 aliphatic rings. The molecule has 4 N–H and O–H groups in total. The van der Waals surface area contributed by atoms with Crippen molar-refractivity contribution >= 4 is 23.3 Å². The molecule has 0 aliphatic heterocycles. The molecule has 9 heteroatoms. The largest absolute Gasteiger partial charge is 0.416 e. The van der Waals surface area contributed by atoms with Crippen molar-refractivity contribution in [1.82, 2.24) is 5.32 Å². The quantitative estimate of drug-likeness (QED) is 0.372. The molecule has 0 aromatic heterocycles. The van der Waals surface area contributed by atoms with E-state index in [4.69, 9.17) is 11.1 Å². The summed E-state index contributed by atoms with van der Waals surface area (Å²) in [6.07, 6.45) is -4.48. The number of hydrogen-bond acceptors (Lipinski definition) is 3. The molecule has 0 saturated carbocycles. The van der Waals surface area contributed by atoms with Gasteiger partial charge in [-0.05, 0) is 42.0 Å². The predicted molar refractivity (Wildman–Crippen MR) is 119 cm³/mol. The summed E-state index contributed by atoms with van der Waals surface area (Å²) in [6.45, 7) is -0.481. The van der Waals surface area contributed by atoms with Gasteiger partial charge in [-0.1, -0.05) is 42.5 Å². The maximum absolute atomic E-state index is 13.2. The van der Waals surface area contributed by atoms with Crippen LogP contribution in [0, 0.1) is 5.41 Å². The normalized spacial score (nSPS) is 11.0. The predicted octanol–water partition coefficient (Wildman–Crippen LogP) is 3.95. The molecule has 0 fully saturated rings. The first-order valence-corrected chi connectivity index (χ1v) is 9.89. The average molecular weight is 454 g/mol. The molecular formula is C24H21F3N4O2. The van der Waals surface area contributed by atoms with E-state index >= 15 is 0 Å². The SMILES string of the molecule is N=C(N)c1cccc(C(=O)N(CC(=O)NCc2cccc(C(F)(F)F)c2)c2ccccc2)c1. The number of alkyl halides is 3. The van der Waals surface area contributed by atoms with Crippen LogP contribution in [0.2, 0.25) is 0 Å². The number of hydrogen-bond donors (Lipinski definition) is 3. The molecule has 0 atom stereocenters. The summed E-state index contributed by atoms with van der Waals surface area (Å²) in [5, 5.41) is 10.1.